The standard InChI is InChI=1S/C15H11N3.2Zn/c1-3-9-16-13(7-1)12-6-5-11-18-15(12)14-8-2-4-10-17-14;;/h1-11H;;. The number of pyridine rings is 3. The molecule has 20 heavy (non-hydrogen) atoms. The predicted octanol–water partition coefficient (Wildman–Crippen LogP) is 3.20. The third kappa shape index (κ3) is 3.62. The van der Waals surface area contributed by atoms with Crippen molar-refractivity contribution in [1.29, 1.82) is 0 Å². The second kappa shape index (κ2) is 8.09. The summed E-state index contributed by atoms with van der Waals surface area (Å²) < 4.78 is 0. The van der Waals surface area contributed by atoms with Crippen molar-refractivity contribution >= 4 is 0 Å². The van der Waals surface area contributed by atoms with Crippen LogP contribution in [0.3, 0.4) is 0 Å². The Hall–Kier alpha value is -1.30. The first-order valence-electron chi connectivity index (χ1n) is 5.73. The second-order valence-corrected chi connectivity index (χ2v) is 3.83. The molecule has 0 unspecified atom stereocenters. The summed E-state index contributed by atoms with van der Waals surface area (Å²) in [4.78, 5) is 13.1. The van der Waals surface area contributed by atoms with Crippen LogP contribution in [0.1, 0.15) is 0 Å². The molecule has 0 saturated heterocycles. The number of aromatic nitrogens is 3. The molecule has 0 radical (unpaired) electrons. The maximum absolute atomic E-state index is 4.42. The molecular weight excluding hydrogens is 353 g/mol. The molecule has 0 aliphatic rings. The summed E-state index contributed by atoms with van der Waals surface area (Å²) in [7, 11) is 0. The van der Waals surface area contributed by atoms with Gasteiger partial charge in [-0.1, -0.05) is 12.1 Å². The second-order valence-electron chi connectivity index (χ2n) is 3.83. The Morgan fingerprint density at radius 3 is 1.75 bits per heavy atom. The van der Waals surface area contributed by atoms with Gasteiger partial charge in [0, 0.05) is 63.1 Å². The Bertz CT molecular complexity index is 587. The molecule has 0 N–H and O–H groups in total. The van der Waals surface area contributed by atoms with Gasteiger partial charge in [-0.2, -0.15) is 0 Å². The van der Waals surface area contributed by atoms with E-state index in [1.165, 1.54) is 0 Å². The van der Waals surface area contributed by atoms with E-state index in [0.717, 1.165) is 22.6 Å². The monoisotopic (exact) mass is 361 g/mol. The van der Waals surface area contributed by atoms with Gasteiger partial charge in [-0.05, 0) is 36.4 Å². The summed E-state index contributed by atoms with van der Waals surface area (Å²) in [6.07, 6.45) is 5.33. The SMILES string of the molecule is [Zn].[Zn].c1ccc(-c2cccnc2-c2ccccn2)nc1. The van der Waals surface area contributed by atoms with E-state index < -0.39 is 0 Å². The van der Waals surface area contributed by atoms with E-state index in [0.29, 0.717) is 0 Å². The summed E-state index contributed by atoms with van der Waals surface area (Å²) in [6, 6.07) is 15.6. The number of rotatable bonds is 2. The third-order valence-electron chi connectivity index (χ3n) is 2.66. The minimum Gasteiger partial charge on any atom is -0.256 e. The van der Waals surface area contributed by atoms with Crippen LogP contribution in [-0.4, -0.2) is 15.0 Å². The molecule has 0 atom stereocenters. The van der Waals surface area contributed by atoms with Crippen molar-refractivity contribution in [2.24, 2.45) is 0 Å². The molecule has 3 rings (SSSR count). The molecule has 3 nitrogen and oxygen atoms in total. The van der Waals surface area contributed by atoms with E-state index in [-0.39, 0.29) is 39.0 Å². The van der Waals surface area contributed by atoms with Crippen molar-refractivity contribution < 1.29 is 39.0 Å². The zero-order valence-corrected chi connectivity index (χ0v) is 17.0. The van der Waals surface area contributed by atoms with Gasteiger partial charge in [-0.3, -0.25) is 15.0 Å². The van der Waals surface area contributed by atoms with E-state index in [1.54, 1.807) is 18.6 Å². The summed E-state index contributed by atoms with van der Waals surface area (Å²) >= 11 is 0. The van der Waals surface area contributed by atoms with E-state index in [1.807, 2.05) is 48.5 Å². The van der Waals surface area contributed by atoms with Crippen molar-refractivity contribution in [3.8, 4) is 22.6 Å². The molecule has 0 aliphatic carbocycles. The zero-order chi connectivity index (χ0) is 12.2. The van der Waals surface area contributed by atoms with Gasteiger partial charge in [0.25, 0.3) is 0 Å². The summed E-state index contributed by atoms with van der Waals surface area (Å²) in [6.45, 7) is 0. The van der Waals surface area contributed by atoms with Crippen LogP contribution >= 0.6 is 0 Å². The van der Waals surface area contributed by atoms with Gasteiger partial charge in [0.15, 0.2) is 0 Å². The van der Waals surface area contributed by atoms with E-state index in [4.69, 9.17) is 0 Å². The molecule has 0 saturated carbocycles. The first-order chi connectivity index (χ1) is 8.95. The fraction of sp³-hybridized carbons (Fsp3) is 0. The van der Waals surface area contributed by atoms with Gasteiger partial charge in [-0.25, -0.2) is 0 Å². The normalized spacial score (nSPS) is 9.20. The van der Waals surface area contributed by atoms with Crippen LogP contribution in [0.2, 0.25) is 0 Å². The largest absolute Gasteiger partial charge is 0.256 e. The van der Waals surface area contributed by atoms with Crippen molar-refractivity contribution in [1.82, 2.24) is 15.0 Å². The van der Waals surface area contributed by atoms with Crippen LogP contribution in [0, 0.1) is 0 Å². The van der Waals surface area contributed by atoms with Crippen LogP contribution in [0.5, 0.6) is 0 Å². The molecular formula is C15H11N3Zn2. The summed E-state index contributed by atoms with van der Waals surface area (Å²) in [5.41, 5.74) is 3.62. The summed E-state index contributed by atoms with van der Waals surface area (Å²) in [5, 5.41) is 0. The molecule has 0 aliphatic heterocycles. The van der Waals surface area contributed by atoms with E-state index in [2.05, 4.69) is 15.0 Å². The molecule has 0 aromatic carbocycles. The average Bonchev–Trinajstić information content (AvgIpc) is 2.49. The molecule has 0 fully saturated rings. The fourth-order valence-electron chi connectivity index (χ4n) is 1.84. The maximum Gasteiger partial charge on any atom is 0.0980 e. The third-order valence-corrected chi connectivity index (χ3v) is 2.66. The van der Waals surface area contributed by atoms with Crippen molar-refractivity contribution in [2.45, 2.75) is 0 Å². The van der Waals surface area contributed by atoms with Gasteiger partial charge in [0.05, 0.1) is 17.1 Å². The first kappa shape index (κ1) is 16.8. The number of nitrogens with zero attached hydrogens (tertiary/aromatic N) is 3. The Morgan fingerprint density at radius 2 is 1.15 bits per heavy atom. The van der Waals surface area contributed by atoms with Crippen molar-refractivity contribution in [2.75, 3.05) is 0 Å². The van der Waals surface area contributed by atoms with Gasteiger partial charge < -0.3 is 0 Å². The molecule has 0 amide bonds. The fourth-order valence-corrected chi connectivity index (χ4v) is 1.84. The molecule has 0 spiro atoms. The van der Waals surface area contributed by atoms with Crippen LogP contribution in [0.4, 0.5) is 0 Å². The minimum atomic E-state index is 0. The zero-order valence-electron chi connectivity index (χ0n) is 11.1. The van der Waals surface area contributed by atoms with Crippen LogP contribution in [0.25, 0.3) is 22.6 Å². The Morgan fingerprint density at radius 1 is 0.550 bits per heavy atom. The van der Waals surface area contributed by atoms with Crippen LogP contribution < -0.4 is 0 Å². The molecule has 0 bridgehead atoms. The Kier molecular flexibility index (Phi) is 6.77. The molecule has 3 heterocycles. The van der Waals surface area contributed by atoms with Gasteiger partial charge in [0.2, 0.25) is 0 Å². The number of hydrogen-bond donors (Lipinski definition) is 0. The molecule has 3 aromatic heterocycles. The smallest absolute Gasteiger partial charge is 0.0980 e. The van der Waals surface area contributed by atoms with Crippen LogP contribution in [0.15, 0.2) is 67.1 Å². The average molecular weight is 364 g/mol. The molecule has 3 aromatic rings. The van der Waals surface area contributed by atoms with Crippen LogP contribution in [-0.2, 0) is 39.0 Å². The van der Waals surface area contributed by atoms with E-state index in [9.17, 15) is 0 Å². The van der Waals surface area contributed by atoms with Gasteiger partial charge >= 0.3 is 0 Å². The minimum absolute atomic E-state index is 0. The topological polar surface area (TPSA) is 38.7 Å². The first-order valence-corrected chi connectivity index (χ1v) is 5.73. The van der Waals surface area contributed by atoms with Gasteiger partial charge in [0.1, 0.15) is 0 Å². The Balaban J connectivity index is 0.000001000. The van der Waals surface area contributed by atoms with E-state index >= 15 is 0 Å². The van der Waals surface area contributed by atoms with Crippen molar-refractivity contribution in [3.05, 3.63) is 67.1 Å². The summed E-state index contributed by atoms with van der Waals surface area (Å²) in [5.74, 6) is 0. The quantitative estimate of drug-likeness (QED) is 0.656. The predicted molar refractivity (Wildman–Crippen MR) is 70.7 cm³/mol. The number of hydrogen-bond acceptors (Lipinski definition) is 3. The maximum atomic E-state index is 4.42. The van der Waals surface area contributed by atoms with Gasteiger partial charge in [-0.15, -0.1) is 0 Å². The van der Waals surface area contributed by atoms with Crippen molar-refractivity contribution in [3.63, 3.8) is 0 Å². The molecule has 5 heteroatoms. The Labute approximate surface area is 143 Å². The molecule has 90 valence electrons.